The molecule has 164 valence electrons. The zero-order chi connectivity index (χ0) is 22.8. The summed E-state index contributed by atoms with van der Waals surface area (Å²) in [6.07, 6.45) is 0.652. The number of nitrogens with zero attached hydrogens (tertiary/aromatic N) is 2. The van der Waals surface area contributed by atoms with Gasteiger partial charge in [-0.25, -0.2) is 4.98 Å². The molecular formula is C25H25N3O3S. The Morgan fingerprint density at radius 1 is 1.03 bits per heavy atom. The molecule has 2 atom stereocenters. The fourth-order valence-electron chi connectivity index (χ4n) is 3.92. The first-order chi connectivity index (χ1) is 15.4. The average Bonchev–Trinajstić information content (AvgIpc) is 3.37. The van der Waals surface area contributed by atoms with Crippen LogP contribution in [-0.2, 0) is 11.3 Å². The van der Waals surface area contributed by atoms with E-state index >= 15 is 0 Å². The number of imide groups is 1. The first-order valence-corrected chi connectivity index (χ1v) is 11.5. The average molecular weight is 448 g/mol. The van der Waals surface area contributed by atoms with E-state index in [4.69, 9.17) is 0 Å². The molecule has 0 spiro atoms. The summed E-state index contributed by atoms with van der Waals surface area (Å²) in [5.41, 5.74) is 3.65. The van der Waals surface area contributed by atoms with Crippen molar-refractivity contribution >= 4 is 29.1 Å². The molecule has 32 heavy (non-hydrogen) atoms. The monoisotopic (exact) mass is 447 g/mol. The van der Waals surface area contributed by atoms with Crippen LogP contribution in [0, 0.1) is 12.8 Å². The molecule has 2 aromatic carbocycles. The van der Waals surface area contributed by atoms with Crippen LogP contribution in [0.3, 0.4) is 0 Å². The Bertz CT molecular complexity index is 1150. The molecule has 0 saturated heterocycles. The highest BCUT2D eigenvalue weighted by atomic mass is 32.1. The standard InChI is InChI=1S/C25H25N3O3S/c1-4-15(2)21(28-24(30)19-11-7-8-12-20(19)25(28)31)22(29)26-13-17-14-32-23(27-17)18-10-6-5-9-16(18)3/h5-12,14-15,21H,4,13H2,1-3H3,(H,26,29). The van der Waals surface area contributed by atoms with Crippen LogP contribution in [0.1, 0.15) is 52.2 Å². The summed E-state index contributed by atoms with van der Waals surface area (Å²) >= 11 is 1.52. The summed E-state index contributed by atoms with van der Waals surface area (Å²) < 4.78 is 0. The molecule has 6 nitrogen and oxygen atoms in total. The van der Waals surface area contributed by atoms with Crippen LogP contribution in [0.4, 0.5) is 0 Å². The summed E-state index contributed by atoms with van der Waals surface area (Å²) in [6.45, 7) is 6.10. The Kier molecular flexibility index (Phi) is 6.19. The van der Waals surface area contributed by atoms with Gasteiger partial charge in [0, 0.05) is 10.9 Å². The molecule has 0 aliphatic carbocycles. The van der Waals surface area contributed by atoms with Gasteiger partial charge in [-0.2, -0.15) is 0 Å². The molecule has 3 aromatic rings. The lowest BCUT2D eigenvalue weighted by Gasteiger charge is -2.29. The fraction of sp³-hybridized carbons (Fsp3) is 0.280. The van der Waals surface area contributed by atoms with Crippen molar-refractivity contribution in [2.45, 2.75) is 39.8 Å². The molecule has 0 bridgehead atoms. The van der Waals surface area contributed by atoms with E-state index in [0.29, 0.717) is 17.5 Å². The minimum absolute atomic E-state index is 0.185. The molecular weight excluding hydrogens is 422 g/mol. The molecule has 4 rings (SSSR count). The molecule has 1 aromatic heterocycles. The van der Waals surface area contributed by atoms with E-state index in [1.807, 2.05) is 50.4 Å². The van der Waals surface area contributed by atoms with E-state index in [0.717, 1.165) is 26.7 Å². The third-order valence-electron chi connectivity index (χ3n) is 5.93. The van der Waals surface area contributed by atoms with E-state index < -0.39 is 17.9 Å². The van der Waals surface area contributed by atoms with Crippen molar-refractivity contribution in [1.29, 1.82) is 0 Å². The summed E-state index contributed by atoms with van der Waals surface area (Å²) in [5.74, 6) is -1.36. The second-order valence-electron chi connectivity index (χ2n) is 8.03. The van der Waals surface area contributed by atoms with Crippen molar-refractivity contribution < 1.29 is 14.4 Å². The van der Waals surface area contributed by atoms with Crippen molar-refractivity contribution in [3.05, 3.63) is 76.3 Å². The van der Waals surface area contributed by atoms with E-state index in [9.17, 15) is 14.4 Å². The van der Waals surface area contributed by atoms with E-state index in [1.54, 1.807) is 24.3 Å². The predicted molar refractivity (Wildman–Crippen MR) is 124 cm³/mol. The minimum atomic E-state index is -0.873. The SMILES string of the molecule is CCC(C)C(C(=O)NCc1csc(-c2ccccc2C)n1)N1C(=O)c2ccccc2C1=O. The Morgan fingerprint density at radius 2 is 1.62 bits per heavy atom. The van der Waals surface area contributed by atoms with Gasteiger partial charge in [0.15, 0.2) is 0 Å². The van der Waals surface area contributed by atoms with Crippen LogP contribution in [0.5, 0.6) is 0 Å². The largest absolute Gasteiger partial charge is 0.349 e. The van der Waals surface area contributed by atoms with Crippen LogP contribution >= 0.6 is 11.3 Å². The lowest BCUT2D eigenvalue weighted by atomic mass is 9.96. The number of amides is 3. The van der Waals surface area contributed by atoms with E-state index in [2.05, 4.69) is 10.3 Å². The number of hydrogen-bond acceptors (Lipinski definition) is 5. The lowest BCUT2D eigenvalue weighted by Crippen LogP contribution is -2.52. The zero-order valence-corrected chi connectivity index (χ0v) is 19.1. The zero-order valence-electron chi connectivity index (χ0n) is 18.3. The molecule has 7 heteroatoms. The molecule has 0 fully saturated rings. The van der Waals surface area contributed by atoms with Crippen molar-refractivity contribution in [3.8, 4) is 10.6 Å². The fourth-order valence-corrected chi connectivity index (χ4v) is 4.83. The molecule has 0 radical (unpaired) electrons. The number of benzene rings is 2. The Balaban J connectivity index is 1.51. The molecule has 1 N–H and O–H groups in total. The van der Waals surface area contributed by atoms with Gasteiger partial charge in [-0.3, -0.25) is 19.3 Å². The maximum Gasteiger partial charge on any atom is 0.262 e. The third-order valence-corrected chi connectivity index (χ3v) is 6.85. The van der Waals surface area contributed by atoms with Gasteiger partial charge >= 0.3 is 0 Å². The van der Waals surface area contributed by atoms with Crippen LogP contribution in [0.15, 0.2) is 53.9 Å². The quantitative estimate of drug-likeness (QED) is 0.543. The topological polar surface area (TPSA) is 79.4 Å². The Hall–Kier alpha value is -3.32. The number of carbonyl (C=O) groups is 3. The van der Waals surface area contributed by atoms with Crippen molar-refractivity contribution in [1.82, 2.24) is 15.2 Å². The molecule has 3 amide bonds. The molecule has 2 heterocycles. The van der Waals surface area contributed by atoms with Gasteiger partial charge in [-0.1, -0.05) is 56.7 Å². The molecule has 0 saturated carbocycles. The number of rotatable bonds is 7. The van der Waals surface area contributed by atoms with Crippen molar-refractivity contribution in [2.24, 2.45) is 5.92 Å². The van der Waals surface area contributed by atoms with Crippen LogP contribution in [0.2, 0.25) is 0 Å². The maximum atomic E-state index is 13.2. The van der Waals surface area contributed by atoms with E-state index in [-0.39, 0.29) is 18.4 Å². The number of carbonyl (C=O) groups excluding carboxylic acids is 3. The van der Waals surface area contributed by atoms with Crippen molar-refractivity contribution in [3.63, 3.8) is 0 Å². The van der Waals surface area contributed by atoms with E-state index in [1.165, 1.54) is 11.3 Å². The van der Waals surface area contributed by atoms with Gasteiger partial charge in [0.25, 0.3) is 11.8 Å². The highest BCUT2D eigenvalue weighted by molar-refractivity contribution is 7.13. The number of hydrogen-bond donors (Lipinski definition) is 1. The van der Waals surface area contributed by atoms with Gasteiger partial charge < -0.3 is 5.32 Å². The highest BCUT2D eigenvalue weighted by Gasteiger charge is 2.44. The predicted octanol–water partition coefficient (Wildman–Crippen LogP) is 4.45. The highest BCUT2D eigenvalue weighted by Crippen LogP contribution is 2.29. The number of aromatic nitrogens is 1. The van der Waals surface area contributed by atoms with Gasteiger partial charge in [0.05, 0.1) is 23.4 Å². The van der Waals surface area contributed by atoms with Gasteiger partial charge in [0.2, 0.25) is 5.91 Å². The summed E-state index contributed by atoms with van der Waals surface area (Å²) in [5, 5.41) is 5.71. The first kappa shape index (κ1) is 21.9. The Labute approximate surface area is 191 Å². The molecule has 1 aliphatic rings. The van der Waals surface area contributed by atoms with Gasteiger partial charge in [-0.05, 0) is 30.5 Å². The second-order valence-corrected chi connectivity index (χ2v) is 8.89. The summed E-state index contributed by atoms with van der Waals surface area (Å²) in [6, 6.07) is 13.9. The molecule has 2 unspecified atom stereocenters. The van der Waals surface area contributed by atoms with Gasteiger partial charge in [-0.15, -0.1) is 11.3 Å². The first-order valence-electron chi connectivity index (χ1n) is 10.7. The third kappa shape index (κ3) is 3.96. The van der Waals surface area contributed by atoms with Gasteiger partial charge in [0.1, 0.15) is 11.0 Å². The summed E-state index contributed by atoms with van der Waals surface area (Å²) in [4.78, 5) is 44.9. The van der Waals surface area contributed by atoms with Crippen LogP contribution in [0.25, 0.3) is 10.6 Å². The van der Waals surface area contributed by atoms with Crippen molar-refractivity contribution in [2.75, 3.05) is 0 Å². The normalized spacial score (nSPS) is 14.9. The number of thiazole rings is 1. The number of fused-ring (bicyclic) bond motifs is 1. The number of aryl methyl sites for hydroxylation is 1. The number of nitrogens with one attached hydrogen (secondary N) is 1. The smallest absolute Gasteiger partial charge is 0.262 e. The second kappa shape index (κ2) is 9.04. The maximum absolute atomic E-state index is 13.2. The minimum Gasteiger partial charge on any atom is -0.349 e. The lowest BCUT2D eigenvalue weighted by molar-refractivity contribution is -0.126. The van der Waals surface area contributed by atoms with Crippen LogP contribution in [-0.4, -0.2) is 33.6 Å². The Morgan fingerprint density at radius 3 is 2.22 bits per heavy atom. The van der Waals surface area contributed by atoms with Crippen LogP contribution < -0.4 is 5.32 Å². The molecule has 1 aliphatic heterocycles. The summed E-state index contributed by atoms with van der Waals surface area (Å²) in [7, 11) is 0.